The molecule has 0 unspecified atom stereocenters. The van der Waals surface area contributed by atoms with Crippen molar-refractivity contribution in [1.82, 2.24) is 0 Å². The number of benzene rings is 23. The Morgan fingerprint density at radius 3 is 0.500 bits per heavy atom. The molecule has 29 aromatic rings. The van der Waals surface area contributed by atoms with Gasteiger partial charge in [0.1, 0.15) is 0 Å². The molecule has 0 nitrogen and oxygen atoms in total. The van der Waals surface area contributed by atoms with Gasteiger partial charge < -0.3 is 0 Å². The Labute approximate surface area is 798 Å². The van der Waals surface area contributed by atoms with Crippen LogP contribution in [0.4, 0.5) is 0 Å². The third kappa shape index (κ3) is 13.6. The zero-order valence-electron chi connectivity index (χ0n) is 71.3. The molecule has 0 radical (unpaired) electrons. The van der Waals surface area contributed by atoms with Gasteiger partial charge in [0.2, 0.25) is 0 Å². The van der Waals surface area contributed by atoms with Gasteiger partial charge in [-0.3, -0.25) is 0 Å². The summed E-state index contributed by atoms with van der Waals surface area (Å²) in [7, 11) is 0. The Bertz CT molecular complexity index is 9100. The maximum atomic E-state index is 2.42. The Hall–Kier alpha value is -13.3. The molecular weight excluding hydrogens is 1990 g/mol. The first-order chi connectivity index (χ1) is 65.5. The first-order valence-corrected chi connectivity index (χ1v) is 55.2. The second-order valence-corrected chi connectivity index (χ2v) is 47.3. The van der Waals surface area contributed by atoms with Crippen LogP contribution in [0.25, 0.3) is 258 Å². The minimum atomic E-state index is 0.309. The summed E-state index contributed by atoms with van der Waals surface area (Å²) < 4.78 is 18.0. The third-order valence-electron chi connectivity index (χ3n) is 26.7. The Kier molecular flexibility index (Phi) is 20.2. The molecule has 132 heavy (non-hydrogen) atoms. The zero-order chi connectivity index (χ0) is 86.9. The van der Waals surface area contributed by atoms with E-state index in [-0.39, 0.29) is 0 Å². The first-order valence-electron chi connectivity index (χ1n) is 44.9. The molecular formula is C126H76Se6. The van der Waals surface area contributed by atoms with Crippen molar-refractivity contribution in [3.63, 3.8) is 0 Å². The normalized spacial score (nSPS) is 11.8. The van der Waals surface area contributed by atoms with E-state index in [0.29, 0.717) is 87.0 Å². The molecule has 0 aliphatic heterocycles. The van der Waals surface area contributed by atoms with Gasteiger partial charge in [-0.05, 0) is 0 Å². The molecule has 0 atom stereocenters. The van der Waals surface area contributed by atoms with Crippen LogP contribution >= 0.6 is 0 Å². The Morgan fingerprint density at radius 2 is 0.250 bits per heavy atom. The van der Waals surface area contributed by atoms with E-state index in [1.165, 1.54) is 258 Å². The second kappa shape index (κ2) is 33.5. The van der Waals surface area contributed by atoms with Crippen LogP contribution in [0.1, 0.15) is 0 Å². The van der Waals surface area contributed by atoms with E-state index < -0.39 is 0 Å². The fourth-order valence-corrected chi connectivity index (χ4v) is 36.3. The average molecular weight is 2060 g/mol. The SMILES string of the molecule is c1cc(-c2cccc3c2[se]c2ccccc23)cc(-c2cccc3c2[se]c2ccccc23)c1.c1ccc(-c2cccc3c2[se]c2ccccc23)c(-c2ccccc2-c2cccc3c2[se]c2ccccc23)c1.c1ccc2c(c1)[se]c1c(-c3ccc4c5ccccc5c5ccccc5c4c3)cccc12.c1ccc2c(c1)[se]c1c(-c3ccc4c5ccccc5c5ccccc5c4c3)cccc12. The topological polar surface area (TPSA) is 0 Å². The Balaban J connectivity index is 0.0000000925. The van der Waals surface area contributed by atoms with Gasteiger partial charge in [0.15, 0.2) is 0 Å². The molecule has 0 N–H and O–H groups in total. The summed E-state index contributed by atoms with van der Waals surface area (Å²) >= 11 is 2.04. The van der Waals surface area contributed by atoms with E-state index in [1.54, 1.807) is 0 Å². The Morgan fingerprint density at radius 1 is 0.0909 bits per heavy atom. The summed E-state index contributed by atoms with van der Waals surface area (Å²) in [4.78, 5) is 0. The van der Waals surface area contributed by atoms with E-state index in [9.17, 15) is 0 Å². The molecule has 6 aromatic heterocycles. The number of hydrogen-bond donors (Lipinski definition) is 0. The van der Waals surface area contributed by atoms with Crippen molar-refractivity contribution < 1.29 is 0 Å². The van der Waals surface area contributed by atoms with E-state index in [2.05, 4.69) is 461 Å². The molecule has 0 saturated heterocycles. The van der Waals surface area contributed by atoms with Crippen molar-refractivity contribution in [2.24, 2.45) is 0 Å². The van der Waals surface area contributed by atoms with Gasteiger partial charge >= 0.3 is 806 Å². The fraction of sp³-hybridized carbons (Fsp3) is 0. The summed E-state index contributed by atoms with van der Waals surface area (Å²) in [5.74, 6) is 0. The summed E-state index contributed by atoms with van der Waals surface area (Å²) in [5, 5.41) is 33.0. The van der Waals surface area contributed by atoms with Crippen LogP contribution in [0.3, 0.4) is 0 Å². The van der Waals surface area contributed by atoms with Crippen LogP contribution in [-0.4, -0.2) is 87.0 Å². The molecule has 23 aromatic carbocycles. The van der Waals surface area contributed by atoms with Gasteiger partial charge in [-0.2, -0.15) is 0 Å². The molecule has 0 saturated carbocycles. The second-order valence-electron chi connectivity index (χ2n) is 34.1. The molecule has 0 aliphatic carbocycles. The standard InChI is InChI=1S/C36H22Se2.C30H18Se2.2C30H18Se/c1-3-13-25(29-17-9-19-31-27-15-5-7-21-33(27)37-35(29)31)23(11-1)24-12-2-4-14-26(24)30-18-10-20-32-28-16-6-8-22-34(28)38-36(30)32;1-3-16-27-23(10-1)25-14-6-12-21(29(25)31-27)19-8-5-9-20(18-19)22-13-7-15-26-24-11-2-4-17-28(24)32-30(22)26;2*1-2-10-23-21(8-1)22-9-3-4-11-24(22)28-18-19(16-17-25(23)28)20-13-7-14-27-26-12-5-6-15-29(26)31-30(20)27/h1-22H;1-18H;2*1-18H. The van der Waals surface area contributed by atoms with Gasteiger partial charge in [0, 0.05) is 0 Å². The molecule has 0 amide bonds. The minimum absolute atomic E-state index is 0.309. The van der Waals surface area contributed by atoms with Crippen molar-refractivity contribution in [3.05, 3.63) is 461 Å². The van der Waals surface area contributed by atoms with Crippen molar-refractivity contribution in [2.75, 3.05) is 0 Å². The average Bonchev–Trinajstić information content (AvgIpc) is 0.864. The molecule has 6 heteroatoms. The van der Waals surface area contributed by atoms with Crippen molar-refractivity contribution in [1.29, 1.82) is 0 Å². The van der Waals surface area contributed by atoms with Gasteiger partial charge in [-0.25, -0.2) is 0 Å². The molecule has 0 fully saturated rings. The van der Waals surface area contributed by atoms with E-state index >= 15 is 0 Å². The third-order valence-corrected chi connectivity index (χ3v) is 42.1. The van der Waals surface area contributed by atoms with Crippen LogP contribution in [0.2, 0.25) is 0 Å². The number of fused-ring (bicyclic) bond motifs is 30. The van der Waals surface area contributed by atoms with Crippen LogP contribution < -0.4 is 0 Å². The summed E-state index contributed by atoms with van der Waals surface area (Å²) in [5.41, 5.74) is 18.9. The molecule has 0 spiro atoms. The summed E-state index contributed by atoms with van der Waals surface area (Å²) in [6.45, 7) is 0. The van der Waals surface area contributed by atoms with Crippen molar-refractivity contribution >= 4 is 267 Å². The van der Waals surface area contributed by atoms with Crippen LogP contribution in [0.5, 0.6) is 0 Å². The molecule has 0 bridgehead atoms. The zero-order valence-corrected chi connectivity index (χ0v) is 81.6. The quantitative estimate of drug-likeness (QED) is 0.110. The van der Waals surface area contributed by atoms with Gasteiger partial charge in [-0.1, -0.05) is 0 Å². The van der Waals surface area contributed by atoms with Crippen LogP contribution in [0.15, 0.2) is 461 Å². The molecule has 0 aliphatic rings. The van der Waals surface area contributed by atoms with E-state index in [1.807, 2.05) is 0 Å². The molecule has 29 rings (SSSR count). The van der Waals surface area contributed by atoms with E-state index in [0.717, 1.165) is 0 Å². The van der Waals surface area contributed by atoms with E-state index in [4.69, 9.17) is 0 Å². The van der Waals surface area contributed by atoms with Crippen molar-refractivity contribution in [2.45, 2.75) is 0 Å². The first kappa shape index (κ1) is 79.7. The predicted octanol–water partition coefficient (Wildman–Crippen LogP) is 33.5. The van der Waals surface area contributed by atoms with Gasteiger partial charge in [0.25, 0.3) is 0 Å². The summed E-state index contributed by atoms with van der Waals surface area (Å²) in [6.07, 6.45) is 0. The molecule has 6 heterocycles. The van der Waals surface area contributed by atoms with Gasteiger partial charge in [0.05, 0.1) is 0 Å². The van der Waals surface area contributed by atoms with Crippen LogP contribution in [-0.2, 0) is 0 Å². The number of hydrogen-bond acceptors (Lipinski definition) is 0. The monoisotopic (exact) mass is 2070 g/mol. The van der Waals surface area contributed by atoms with Gasteiger partial charge in [-0.15, -0.1) is 0 Å². The van der Waals surface area contributed by atoms with Crippen LogP contribution in [0, 0.1) is 0 Å². The fourth-order valence-electron chi connectivity index (χ4n) is 20.7. The summed E-state index contributed by atoms with van der Waals surface area (Å²) in [6, 6.07) is 171. The molecule has 616 valence electrons. The number of rotatable bonds is 7. The maximum absolute atomic E-state index is 2.42. The predicted molar refractivity (Wildman–Crippen MR) is 581 cm³/mol. The van der Waals surface area contributed by atoms with Crippen molar-refractivity contribution in [3.8, 4) is 77.9 Å².